The standard InChI is InChI=1S/C32H50O/c1-9-30(23-27(4)19-18-25(2)13-10-15-28(5)24-33)17-11-14-26(3)20-21-31-29(6)16-12-22-32(31,7)8/h9-11,13-15,17-18,23,27,29,31,33H,1,12,16,19-22,24H2,2-8H3/b13-10+,17-11+,25-18+,26-14+,28-15+,30-23+. The van der Waals surface area contributed by atoms with Crippen molar-refractivity contribution in [2.75, 3.05) is 6.61 Å². The second-order valence-electron chi connectivity index (χ2n) is 10.9. The van der Waals surface area contributed by atoms with Crippen molar-refractivity contribution in [3.63, 3.8) is 0 Å². The van der Waals surface area contributed by atoms with Crippen LogP contribution in [0.3, 0.4) is 0 Å². The number of hydrogen-bond acceptors (Lipinski definition) is 1. The van der Waals surface area contributed by atoms with Crippen molar-refractivity contribution in [2.24, 2.45) is 23.2 Å². The monoisotopic (exact) mass is 450 g/mol. The van der Waals surface area contributed by atoms with Crippen LogP contribution in [0.15, 0.2) is 83.6 Å². The maximum absolute atomic E-state index is 9.04. The van der Waals surface area contributed by atoms with E-state index in [9.17, 15) is 0 Å². The van der Waals surface area contributed by atoms with E-state index in [2.05, 4.69) is 84.6 Å². The summed E-state index contributed by atoms with van der Waals surface area (Å²) in [4.78, 5) is 0. The van der Waals surface area contributed by atoms with Gasteiger partial charge in [0.25, 0.3) is 0 Å². The van der Waals surface area contributed by atoms with Gasteiger partial charge >= 0.3 is 0 Å². The molecule has 1 nitrogen and oxygen atoms in total. The molecular formula is C32H50O. The lowest BCUT2D eigenvalue weighted by molar-refractivity contribution is 0.0767. The molecular weight excluding hydrogens is 400 g/mol. The van der Waals surface area contributed by atoms with E-state index in [0.29, 0.717) is 11.3 Å². The minimum absolute atomic E-state index is 0.111. The third-order valence-electron chi connectivity index (χ3n) is 7.20. The zero-order valence-corrected chi connectivity index (χ0v) is 22.5. The first-order valence-corrected chi connectivity index (χ1v) is 12.9. The zero-order valence-electron chi connectivity index (χ0n) is 22.5. The van der Waals surface area contributed by atoms with E-state index in [1.54, 1.807) is 0 Å². The van der Waals surface area contributed by atoms with Crippen LogP contribution in [-0.4, -0.2) is 11.7 Å². The van der Waals surface area contributed by atoms with Gasteiger partial charge in [-0.25, -0.2) is 0 Å². The second-order valence-corrected chi connectivity index (χ2v) is 10.9. The zero-order chi connectivity index (χ0) is 24.9. The molecule has 33 heavy (non-hydrogen) atoms. The van der Waals surface area contributed by atoms with Crippen LogP contribution >= 0.6 is 0 Å². The first-order valence-electron chi connectivity index (χ1n) is 12.9. The van der Waals surface area contributed by atoms with Gasteiger partial charge in [-0.2, -0.15) is 0 Å². The quantitative estimate of drug-likeness (QED) is 0.294. The van der Waals surface area contributed by atoms with Crippen LogP contribution in [0.4, 0.5) is 0 Å². The van der Waals surface area contributed by atoms with Gasteiger partial charge in [0, 0.05) is 0 Å². The molecule has 0 aromatic rings. The van der Waals surface area contributed by atoms with Crippen LogP contribution in [0.1, 0.15) is 87.0 Å². The Morgan fingerprint density at radius 2 is 1.76 bits per heavy atom. The molecule has 1 rings (SSSR count). The molecule has 1 heteroatoms. The summed E-state index contributed by atoms with van der Waals surface area (Å²) in [5.74, 6) is 2.13. The van der Waals surface area contributed by atoms with Crippen LogP contribution in [0.25, 0.3) is 0 Å². The van der Waals surface area contributed by atoms with E-state index in [1.165, 1.54) is 48.8 Å². The number of allylic oxidation sites excluding steroid dienone is 12. The molecule has 184 valence electrons. The number of hydrogen-bond donors (Lipinski definition) is 1. The predicted molar refractivity (Wildman–Crippen MR) is 148 cm³/mol. The molecule has 1 N–H and O–H groups in total. The SMILES string of the molecule is C=CC(/C=C/C=C(\C)CCC1C(C)CCCC1(C)C)=C\C(C)C/C=C(C)/C=C/C=C(\C)CO. The van der Waals surface area contributed by atoms with Crippen molar-refractivity contribution in [3.05, 3.63) is 83.6 Å². The van der Waals surface area contributed by atoms with Crippen molar-refractivity contribution >= 4 is 0 Å². The minimum Gasteiger partial charge on any atom is -0.392 e. The lowest BCUT2D eigenvalue weighted by Gasteiger charge is -2.43. The smallest absolute Gasteiger partial charge is 0.0642 e. The predicted octanol–water partition coefficient (Wildman–Crippen LogP) is 9.31. The number of rotatable bonds is 12. The van der Waals surface area contributed by atoms with Gasteiger partial charge in [0.15, 0.2) is 0 Å². The van der Waals surface area contributed by atoms with Crippen LogP contribution in [-0.2, 0) is 0 Å². The molecule has 0 aromatic heterocycles. The third-order valence-corrected chi connectivity index (χ3v) is 7.20. The highest BCUT2D eigenvalue weighted by molar-refractivity contribution is 5.32. The Balaban J connectivity index is 2.61. The molecule has 1 aliphatic rings. The molecule has 0 bridgehead atoms. The molecule has 3 unspecified atom stereocenters. The van der Waals surface area contributed by atoms with Gasteiger partial charge in [-0.1, -0.05) is 113 Å². The molecule has 0 radical (unpaired) electrons. The summed E-state index contributed by atoms with van der Waals surface area (Å²) in [5, 5.41) is 9.04. The van der Waals surface area contributed by atoms with Crippen molar-refractivity contribution in [2.45, 2.75) is 87.0 Å². The van der Waals surface area contributed by atoms with Crippen molar-refractivity contribution in [1.29, 1.82) is 0 Å². The van der Waals surface area contributed by atoms with E-state index >= 15 is 0 Å². The molecule has 0 saturated heterocycles. The topological polar surface area (TPSA) is 20.2 Å². The summed E-state index contributed by atoms with van der Waals surface area (Å²) in [5.41, 5.74) is 5.33. The fourth-order valence-electron chi connectivity index (χ4n) is 4.95. The van der Waals surface area contributed by atoms with E-state index in [0.717, 1.165) is 23.8 Å². The highest BCUT2D eigenvalue weighted by Gasteiger charge is 2.36. The highest BCUT2D eigenvalue weighted by Crippen LogP contribution is 2.46. The summed E-state index contributed by atoms with van der Waals surface area (Å²) in [6.07, 6.45) is 26.8. The van der Waals surface area contributed by atoms with E-state index < -0.39 is 0 Å². The van der Waals surface area contributed by atoms with Crippen LogP contribution in [0.5, 0.6) is 0 Å². The first kappa shape index (κ1) is 29.2. The average molecular weight is 451 g/mol. The summed E-state index contributed by atoms with van der Waals surface area (Å²) < 4.78 is 0. The molecule has 0 aromatic carbocycles. The Kier molecular flexibility index (Phi) is 13.4. The Hall–Kier alpha value is -1.86. The maximum atomic E-state index is 9.04. The number of aliphatic hydroxyl groups excluding tert-OH is 1. The van der Waals surface area contributed by atoms with Crippen molar-refractivity contribution < 1.29 is 5.11 Å². The minimum atomic E-state index is 0.111. The van der Waals surface area contributed by atoms with Crippen LogP contribution in [0.2, 0.25) is 0 Å². The second kappa shape index (κ2) is 15.1. The van der Waals surface area contributed by atoms with Gasteiger partial charge in [0.2, 0.25) is 0 Å². The van der Waals surface area contributed by atoms with Crippen molar-refractivity contribution in [1.82, 2.24) is 0 Å². The third kappa shape index (κ3) is 11.7. The van der Waals surface area contributed by atoms with E-state index in [-0.39, 0.29) is 6.61 Å². The van der Waals surface area contributed by atoms with E-state index in [1.807, 2.05) is 25.2 Å². The summed E-state index contributed by atoms with van der Waals surface area (Å²) in [7, 11) is 0. The first-order chi connectivity index (χ1) is 15.6. The molecule has 1 fully saturated rings. The fourth-order valence-corrected chi connectivity index (χ4v) is 4.95. The Bertz CT molecular complexity index is 781. The van der Waals surface area contributed by atoms with Gasteiger partial charge in [0.05, 0.1) is 6.61 Å². The Morgan fingerprint density at radius 3 is 2.39 bits per heavy atom. The summed E-state index contributed by atoms with van der Waals surface area (Å²) >= 11 is 0. The molecule has 1 aliphatic carbocycles. The summed E-state index contributed by atoms with van der Waals surface area (Å²) in [6.45, 7) is 20.1. The number of aliphatic hydroxyl groups is 1. The maximum Gasteiger partial charge on any atom is 0.0642 e. The molecule has 0 aliphatic heterocycles. The molecule has 0 spiro atoms. The van der Waals surface area contributed by atoms with Crippen LogP contribution in [0, 0.1) is 23.2 Å². The fraction of sp³-hybridized carbons (Fsp3) is 0.562. The average Bonchev–Trinajstić information content (AvgIpc) is 2.76. The molecule has 1 saturated carbocycles. The lowest BCUT2D eigenvalue weighted by Crippen LogP contribution is -2.33. The van der Waals surface area contributed by atoms with Gasteiger partial charge in [-0.05, 0) is 80.8 Å². The molecule has 3 atom stereocenters. The largest absolute Gasteiger partial charge is 0.392 e. The van der Waals surface area contributed by atoms with Gasteiger partial charge < -0.3 is 5.11 Å². The lowest BCUT2D eigenvalue weighted by atomic mass is 9.62. The Morgan fingerprint density at radius 1 is 1.09 bits per heavy atom. The van der Waals surface area contributed by atoms with E-state index in [4.69, 9.17) is 5.11 Å². The van der Waals surface area contributed by atoms with Crippen LogP contribution < -0.4 is 0 Å². The summed E-state index contributed by atoms with van der Waals surface area (Å²) in [6, 6.07) is 0. The van der Waals surface area contributed by atoms with Gasteiger partial charge in [0.1, 0.15) is 0 Å². The Labute approximate surface area is 205 Å². The van der Waals surface area contributed by atoms with Crippen molar-refractivity contribution in [3.8, 4) is 0 Å². The normalized spacial score (nSPS) is 24.0. The van der Waals surface area contributed by atoms with Gasteiger partial charge in [-0.15, -0.1) is 0 Å². The molecule has 0 amide bonds. The molecule has 0 heterocycles. The highest BCUT2D eigenvalue weighted by atomic mass is 16.3. The van der Waals surface area contributed by atoms with Gasteiger partial charge in [-0.3, -0.25) is 0 Å².